The number of hydrogen-bond donors (Lipinski definition) is 0. The third kappa shape index (κ3) is 5.07. The Bertz CT molecular complexity index is 358. The fourth-order valence-electron chi connectivity index (χ4n) is 3.14. The molecule has 126 valence electrons. The van der Waals surface area contributed by atoms with Crippen LogP contribution in [0.1, 0.15) is 58.3 Å². The van der Waals surface area contributed by atoms with Gasteiger partial charge in [0, 0.05) is 6.08 Å². The Hall–Kier alpha value is -0.910. The second-order valence-corrected chi connectivity index (χ2v) is 5.98. The summed E-state index contributed by atoms with van der Waals surface area (Å²) in [6, 6.07) is 0. The van der Waals surface area contributed by atoms with Crippen molar-refractivity contribution in [3.8, 4) is 0 Å². The average Bonchev–Trinajstić information content (AvgIpc) is 3.18. The quantitative estimate of drug-likeness (QED) is 0.371. The number of esters is 1. The molecule has 0 aromatic heterocycles. The van der Waals surface area contributed by atoms with E-state index >= 15 is 0 Å². The topological polar surface area (TPSA) is 54.0 Å². The van der Waals surface area contributed by atoms with Gasteiger partial charge in [0.2, 0.25) is 0 Å². The van der Waals surface area contributed by atoms with Crippen LogP contribution in [0.15, 0.2) is 12.7 Å². The number of carbonyl (C=O) groups excluding carboxylic acids is 1. The molecule has 0 heterocycles. The minimum atomic E-state index is -1.45. The van der Waals surface area contributed by atoms with E-state index < -0.39 is 11.9 Å². The normalized spacial score (nSPS) is 22.6. The second-order valence-electron chi connectivity index (χ2n) is 5.98. The summed E-state index contributed by atoms with van der Waals surface area (Å²) in [5, 5.41) is 0. The largest absolute Gasteiger partial charge is 0.402 e. The van der Waals surface area contributed by atoms with Crippen LogP contribution in [0.5, 0.6) is 0 Å². The van der Waals surface area contributed by atoms with Gasteiger partial charge in [-0.3, -0.25) is 0 Å². The predicted octanol–water partition coefficient (Wildman–Crippen LogP) is 3.32. The van der Waals surface area contributed by atoms with Crippen LogP contribution in [0.3, 0.4) is 0 Å². The summed E-state index contributed by atoms with van der Waals surface area (Å²) in [6.45, 7) is 5.79. The van der Waals surface area contributed by atoms with Gasteiger partial charge in [-0.15, -0.1) is 0 Å². The molecule has 0 aromatic carbocycles. The molecule has 0 aliphatic heterocycles. The molecule has 2 aliphatic rings. The molecular formula is C17H28O5. The highest BCUT2D eigenvalue weighted by Gasteiger charge is 2.41. The zero-order valence-electron chi connectivity index (χ0n) is 13.6. The first-order valence-electron chi connectivity index (χ1n) is 8.46. The highest BCUT2D eigenvalue weighted by Crippen LogP contribution is 2.30. The first kappa shape index (κ1) is 17.4. The van der Waals surface area contributed by atoms with Gasteiger partial charge in [-0.1, -0.05) is 32.3 Å². The van der Waals surface area contributed by atoms with Crippen LogP contribution in [-0.2, 0) is 23.7 Å². The molecule has 5 nitrogen and oxygen atoms in total. The lowest BCUT2D eigenvalue weighted by molar-refractivity contribution is -0.389. The van der Waals surface area contributed by atoms with Crippen molar-refractivity contribution in [3.63, 3.8) is 0 Å². The van der Waals surface area contributed by atoms with Gasteiger partial charge >= 0.3 is 11.9 Å². The third-order valence-corrected chi connectivity index (χ3v) is 4.23. The van der Waals surface area contributed by atoms with Gasteiger partial charge in [0.15, 0.2) is 0 Å². The fourth-order valence-corrected chi connectivity index (χ4v) is 3.14. The van der Waals surface area contributed by atoms with E-state index in [4.69, 9.17) is 18.9 Å². The summed E-state index contributed by atoms with van der Waals surface area (Å²) >= 11 is 0. The third-order valence-electron chi connectivity index (χ3n) is 4.23. The predicted molar refractivity (Wildman–Crippen MR) is 82.2 cm³/mol. The number of hydrogen-bond acceptors (Lipinski definition) is 5. The van der Waals surface area contributed by atoms with Crippen LogP contribution < -0.4 is 0 Å². The van der Waals surface area contributed by atoms with E-state index in [1.54, 1.807) is 0 Å². The van der Waals surface area contributed by atoms with E-state index in [1.807, 2.05) is 6.92 Å². The monoisotopic (exact) mass is 312 g/mol. The van der Waals surface area contributed by atoms with Gasteiger partial charge in [0.1, 0.15) is 6.61 Å². The maximum Gasteiger partial charge on any atom is 0.354 e. The van der Waals surface area contributed by atoms with Crippen molar-refractivity contribution in [2.45, 2.75) is 76.5 Å². The minimum absolute atomic E-state index is 0.0522. The molecule has 2 aliphatic carbocycles. The molecule has 1 atom stereocenters. The Balaban J connectivity index is 2.02. The molecule has 2 rings (SSSR count). The summed E-state index contributed by atoms with van der Waals surface area (Å²) in [5.74, 6) is -2.00. The summed E-state index contributed by atoms with van der Waals surface area (Å²) in [6.07, 6.45) is 10.0. The maximum atomic E-state index is 11.7. The van der Waals surface area contributed by atoms with Crippen molar-refractivity contribution in [2.24, 2.45) is 0 Å². The van der Waals surface area contributed by atoms with Gasteiger partial charge in [0.05, 0.1) is 18.8 Å². The molecule has 22 heavy (non-hydrogen) atoms. The molecule has 5 heteroatoms. The van der Waals surface area contributed by atoms with Crippen LogP contribution in [0.4, 0.5) is 0 Å². The standard InChI is InChI=1S/C17H28O5/c1-3-16(18)22-17(20-4-2,21-15-11-7-8-12-15)13-19-14-9-5-6-10-14/h3,14-15H,1,4-13H2,2H3. The zero-order chi connectivity index (χ0) is 15.8. The number of ether oxygens (including phenoxy) is 4. The van der Waals surface area contributed by atoms with E-state index in [2.05, 4.69) is 6.58 Å². The van der Waals surface area contributed by atoms with Crippen molar-refractivity contribution in [3.05, 3.63) is 12.7 Å². The van der Waals surface area contributed by atoms with E-state index in [0.29, 0.717) is 6.61 Å². The van der Waals surface area contributed by atoms with Gasteiger partial charge < -0.3 is 18.9 Å². The van der Waals surface area contributed by atoms with Crippen LogP contribution in [-0.4, -0.2) is 37.4 Å². The summed E-state index contributed by atoms with van der Waals surface area (Å²) in [4.78, 5) is 11.7. The summed E-state index contributed by atoms with van der Waals surface area (Å²) in [7, 11) is 0. The molecule has 1 unspecified atom stereocenters. The molecule has 0 amide bonds. The van der Waals surface area contributed by atoms with E-state index in [0.717, 1.165) is 44.6 Å². The number of carbonyl (C=O) groups is 1. The van der Waals surface area contributed by atoms with E-state index in [-0.39, 0.29) is 18.8 Å². The van der Waals surface area contributed by atoms with Gasteiger partial charge in [-0.2, -0.15) is 0 Å². The molecule has 0 saturated heterocycles. The molecule has 0 radical (unpaired) electrons. The summed E-state index contributed by atoms with van der Waals surface area (Å²) < 4.78 is 23.1. The molecule has 2 saturated carbocycles. The maximum absolute atomic E-state index is 11.7. The Labute approximate surface area is 132 Å². The molecule has 0 spiro atoms. The Morgan fingerprint density at radius 2 is 1.73 bits per heavy atom. The van der Waals surface area contributed by atoms with E-state index in [1.165, 1.54) is 12.8 Å². The van der Waals surface area contributed by atoms with Crippen molar-refractivity contribution in [1.82, 2.24) is 0 Å². The lowest BCUT2D eigenvalue weighted by Crippen LogP contribution is -2.48. The van der Waals surface area contributed by atoms with Crippen LogP contribution in [0, 0.1) is 0 Å². The first-order chi connectivity index (χ1) is 10.7. The van der Waals surface area contributed by atoms with Crippen LogP contribution in [0.2, 0.25) is 0 Å². The fraction of sp³-hybridized carbons (Fsp3) is 0.824. The lowest BCUT2D eigenvalue weighted by Gasteiger charge is -2.34. The van der Waals surface area contributed by atoms with Crippen molar-refractivity contribution < 1.29 is 23.7 Å². The van der Waals surface area contributed by atoms with Crippen molar-refractivity contribution in [1.29, 1.82) is 0 Å². The first-order valence-corrected chi connectivity index (χ1v) is 8.46. The van der Waals surface area contributed by atoms with Crippen LogP contribution in [0.25, 0.3) is 0 Å². The summed E-state index contributed by atoms with van der Waals surface area (Å²) in [5.41, 5.74) is 0. The van der Waals surface area contributed by atoms with Gasteiger partial charge in [0.25, 0.3) is 0 Å². The van der Waals surface area contributed by atoms with Crippen molar-refractivity contribution >= 4 is 5.97 Å². The van der Waals surface area contributed by atoms with E-state index in [9.17, 15) is 4.79 Å². The second kappa shape index (κ2) is 8.65. The average molecular weight is 312 g/mol. The lowest BCUT2D eigenvalue weighted by atomic mass is 10.3. The van der Waals surface area contributed by atoms with Gasteiger partial charge in [-0.05, 0) is 32.6 Å². The highest BCUT2D eigenvalue weighted by atomic mass is 16.9. The highest BCUT2D eigenvalue weighted by molar-refractivity contribution is 5.81. The zero-order valence-corrected chi connectivity index (χ0v) is 13.6. The van der Waals surface area contributed by atoms with Gasteiger partial charge in [-0.25, -0.2) is 4.79 Å². The Morgan fingerprint density at radius 1 is 1.14 bits per heavy atom. The number of rotatable bonds is 9. The van der Waals surface area contributed by atoms with Crippen molar-refractivity contribution in [2.75, 3.05) is 13.2 Å². The minimum Gasteiger partial charge on any atom is -0.402 e. The molecule has 0 N–H and O–H groups in total. The molecule has 0 aromatic rings. The Kier molecular flexibility index (Phi) is 6.86. The molecular weight excluding hydrogens is 284 g/mol. The SMILES string of the molecule is C=CC(=O)OC(COC1CCCC1)(OCC)OC1CCCC1. The Morgan fingerprint density at radius 3 is 2.27 bits per heavy atom. The smallest absolute Gasteiger partial charge is 0.354 e. The van der Waals surface area contributed by atoms with Crippen LogP contribution >= 0.6 is 0 Å². The molecule has 0 bridgehead atoms. The molecule has 2 fully saturated rings.